The number of amides is 1. The van der Waals surface area contributed by atoms with Gasteiger partial charge in [0.15, 0.2) is 11.6 Å². The first-order valence-electron chi connectivity index (χ1n) is 6.07. The molecule has 1 atom stereocenters. The minimum absolute atomic E-state index is 0. The molecule has 0 radical (unpaired) electrons. The summed E-state index contributed by atoms with van der Waals surface area (Å²) in [6.45, 7) is 2.45. The van der Waals surface area contributed by atoms with E-state index < -0.39 is 11.6 Å². The molecule has 1 aliphatic rings. The van der Waals surface area contributed by atoms with Crippen LogP contribution in [0.25, 0.3) is 0 Å². The molecule has 1 amide bonds. The van der Waals surface area contributed by atoms with E-state index in [9.17, 15) is 13.6 Å². The number of rotatable bonds is 4. The molecule has 1 unspecified atom stereocenters. The van der Waals surface area contributed by atoms with Gasteiger partial charge in [0.05, 0.1) is 6.42 Å². The molecule has 19 heavy (non-hydrogen) atoms. The second-order valence-corrected chi connectivity index (χ2v) is 4.55. The van der Waals surface area contributed by atoms with Crippen molar-refractivity contribution in [3.8, 4) is 0 Å². The zero-order chi connectivity index (χ0) is 13.0. The standard InChI is InChI=1S/C13H16F2N2O.ClH/c14-11-3-1-2-10(13(11)15)6-12(18)17-8-9-4-5-16-7-9;/h1-3,9,16H,4-8H2,(H,17,18);1H. The molecule has 0 spiro atoms. The molecule has 2 rings (SSSR count). The molecule has 6 heteroatoms. The number of nitrogens with one attached hydrogen (secondary N) is 2. The van der Waals surface area contributed by atoms with Gasteiger partial charge in [-0.15, -0.1) is 12.4 Å². The van der Waals surface area contributed by atoms with Crippen molar-refractivity contribution in [1.29, 1.82) is 0 Å². The van der Waals surface area contributed by atoms with E-state index in [1.807, 2.05) is 0 Å². The molecule has 0 aromatic heterocycles. The number of halogens is 3. The maximum absolute atomic E-state index is 13.3. The molecule has 0 bridgehead atoms. The molecule has 1 fully saturated rings. The van der Waals surface area contributed by atoms with Crippen molar-refractivity contribution in [2.24, 2.45) is 5.92 Å². The van der Waals surface area contributed by atoms with E-state index in [4.69, 9.17) is 0 Å². The number of benzene rings is 1. The summed E-state index contributed by atoms with van der Waals surface area (Å²) in [6.07, 6.45) is 0.915. The Morgan fingerprint density at radius 2 is 2.21 bits per heavy atom. The van der Waals surface area contributed by atoms with Crippen LogP contribution in [0, 0.1) is 17.6 Å². The van der Waals surface area contributed by atoms with E-state index in [0.717, 1.165) is 25.6 Å². The second kappa shape index (κ2) is 7.40. The van der Waals surface area contributed by atoms with E-state index >= 15 is 0 Å². The fourth-order valence-corrected chi connectivity index (χ4v) is 2.07. The Kier molecular flexibility index (Phi) is 6.18. The van der Waals surface area contributed by atoms with Crippen LogP contribution in [0.3, 0.4) is 0 Å². The van der Waals surface area contributed by atoms with E-state index in [1.54, 1.807) is 0 Å². The zero-order valence-electron chi connectivity index (χ0n) is 10.4. The fourth-order valence-electron chi connectivity index (χ4n) is 2.07. The molecule has 1 saturated heterocycles. The lowest BCUT2D eigenvalue weighted by Gasteiger charge is -2.10. The quantitative estimate of drug-likeness (QED) is 0.885. The van der Waals surface area contributed by atoms with E-state index in [1.165, 1.54) is 12.1 Å². The average molecular weight is 291 g/mol. The number of hydrogen-bond donors (Lipinski definition) is 2. The van der Waals surface area contributed by atoms with Gasteiger partial charge in [-0.2, -0.15) is 0 Å². The van der Waals surface area contributed by atoms with Crippen LogP contribution in [0.5, 0.6) is 0 Å². The molecule has 1 aromatic carbocycles. The minimum Gasteiger partial charge on any atom is -0.355 e. The lowest BCUT2D eigenvalue weighted by atomic mass is 10.1. The molecule has 2 N–H and O–H groups in total. The molecule has 0 aliphatic carbocycles. The largest absolute Gasteiger partial charge is 0.355 e. The van der Waals surface area contributed by atoms with E-state index in [-0.39, 0.29) is 30.3 Å². The molecule has 3 nitrogen and oxygen atoms in total. The highest BCUT2D eigenvalue weighted by Crippen LogP contribution is 2.12. The van der Waals surface area contributed by atoms with Gasteiger partial charge in [-0.3, -0.25) is 4.79 Å². The Morgan fingerprint density at radius 1 is 1.42 bits per heavy atom. The van der Waals surface area contributed by atoms with Crippen LogP contribution in [0.2, 0.25) is 0 Å². The van der Waals surface area contributed by atoms with Crippen LogP contribution in [-0.2, 0) is 11.2 Å². The first-order valence-corrected chi connectivity index (χ1v) is 6.07. The van der Waals surface area contributed by atoms with Gasteiger partial charge in [0.1, 0.15) is 0 Å². The molecule has 0 saturated carbocycles. The van der Waals surface area contributed by atoms with E-state index in [2.05, 4.69) is 10.6 Å². The summed E-state index contributed by atoms with van der Waals surface area (Å²) < 4.78 is 26.3. The zero-order valence-corrected chi connectivity index (χ0v) is 11.2. The Labute approximate surface area is 117 Å². The SMILES string of the molecule is Cl.O=C(Cc1cccc(F)c1F)NCC1CCNC1. The third-order valence-electron chi connectivity index (χ3n) is 3.13. The van der Waals surface area contributed by atoms with Crippen LogP contribution in [-0.4, -0.2) is 25.5 Å². The van der Waals surface area contributed by atoms with Gasteiger partial charge in [0.25, 0.3) is 0 Å². The topological polar surface area (TPSA) is 41.1 Å². The van der Waals surface area contributed by atoms with Gasteiger partial charge in [-0.25, -0.2) is 8.78 Å². The summed E-state index contributed by atoms with van der Waals surface area (Å²) >= 11 is 0. The Hall–Kier alpha value is -1.20. The molecular formula is C13H17ClF2N2O. The molecule has 106 valence electrons. The van der Waals surface area contributed by atoms with Crippen LogP contribution in [0.15, 0.2) is 18.2 Å². The van der Waals surface area contributed by atoms with E-state index in [0.29, 0.717) is 12.5 Å². The summed E-state index contributed by atoms with van der Waals surface area (Å²) in [5, 5.41) is 5.95. The first-order chi connectivity index (χ1) is 8.66. The van der Waals surface area contributed by atoms with Gasteiger partial charge >= 0.3 is 0 Å². The summed E-state index contributed by atoms with van der Waals surface area (Å²) in [7, 11) is 0. The van der Waals surface area contributed by atoms with Crippen molar-refractivity contribution >= 4 is 18.3 Å². The smallest absolute Gasteiger partial charge is 0.224 e. The maximum Gasteiger partial charge on any atom is 0.224 e. The lowest BCUT2D eigenvalue weighted by Crippen LogP contribution is -2.31. The summed E-state index contributed by atoms with van der Waals surface area (Å²) in [6, 6.07) is 3.87. The average Bonchev–Trinajstić information content (AvgIpc) is 2.86. The Morgan fingerprint density at radius 3 is 2.89 bits per heavy atom. The third-order valence-corrected chi connectivity index (χ3v) is 3.13. The normalized spacial score (nSPS) is 17.9. The Balaban J connectivity index is 0.00000180. The van der Waals surface area contributed by atoms with Crippen LogP contribution >= 0.6 is 12.4 Å². The molecule has 1 aromatic rings. The highest BCUT2D eigenvalue weighted by Gasteiger charge is 2.16. The monoisotopic (exact) mass is 290 g/mol. The third kappa shape index (κ3) is 4.44. The predicted molar refractivity (Wildman–Crippen MR) is 71.3 cm³/mol. The fraction of sp³-hybridized carbons (Fsp3) is 0.462. The van der Waals surface area contributed by atoms with Crippen molar-refractivity contribution in [3.05, 3.63) is 35.4 Å². The highest BCUT2D eigenvalue weighted by molar-refractivity contribution is 5.85. The first kappa shape index (κ1) is 15.9. The number of carbonyl (C=O) groups is 1. The lowest BCUT2D eigenvalue weighted by molar-refractivity contribution is -0.120. The van der Waals surface area contributed by atoms with Crippen molar-refractivity contribution in [2.45, 2.75) is 12.8 Å². The molecule has 1 aliphatic heterocycles. The maximum atomic E-state index is 13.3. The van der Waals surface area contributed by atoms with Crippen molar-refractivity contribution in [1.82, 2.24) is 10.6 Å². The van der Waals surface area contributed by atoms with Gasteiger partial charge in [-0.05, 0) is 31.5 Å². The molecular weight excluding hydrogens is 274 g/mol. The number of hydrogen-bond acceptors (Lipinski definition) is 2. The summed E-state index contributed by atoms with van der Waals surface area (Å²) in [4.78, 5) is 11.6. The Bertz CT molecular complexity index is 437. The summed E-state index contributed by atoms with van der Waals surface area (Å²) in [5.41, 5.74) is 0.0945. The van der Waals surface area contributed by atoms with Crippen molar-refractivity contribution < 1.29 is 13.6 Å². The van der Waals surface area contributed by atoms with Crippen LogP contribution < -0.4 is 10.6 Å². The van der Waals surface area contributed by atoms with Crippen molar-refractivity contribution in [2.75, 3.05) is 19.6 Å². The summed E-state index contributed by atoms with van der Waals surface area (Å²) in [5.74, 6) is -1.69. The predicted octanol–water partition coefficient (Wildman–Crippen LogP) is 1.65. The van der Waals surface area contributed by atoms with Gasteiger partial charge < -0.3 is 10.6 Å². The van der Waals surface area contributed by atoms with Gasteiger partial charge in [-0.1, -0.05) is 12.1 Å². The van der Waals surface area contributed by atoms with Crippen molar-refractivity contribution in [3.63, 3.8) is 0 Å². The second-order valence-electron chi connectivity index (χ2n) is 4.55. The highest BCUT2D eigenvalue weighted by atomic mass is 35.5. The van der Waals surface area contributed by atoms with Crippen LogP contribution in [0.4, 0.5) is 8.78 Å². The van der Waals surface area contributed by atoms with Crippen LogP contribution in [0.1, 0.15) is 12.0 Å². The minimum atomic E-state index is -0.935. The van der Waals surface area contributed by atoms with Gasteiger partial charge in [0.2, 0.25) is 5.91 Å². The number of carbonyl (C=O) groups excluding carboxylic acids is 1. The molecule has 1 heterocycles. The van der Waals surface area contributed by atoms with Gasteiger partial charge in [0, 0.05) is 12.1 Å².